The number of nitrogens with one attached hydrogen (secondary N) is 1. The quantitative estimate of drug-likeness (QED) is 0.785. The van der Waals surface area contributed by atoms with Gasteiger partial charge in [-0.05, 0) is 43.9 Å². The van der Waals surface area contributed by atoms with E-state index < -0.39 is 0 Å². The van der Waals surface area contributed by atoms with Crippen molar-refractivity contribution in [3.63, 3.8) is 0 Å². The minimum atomic E-state index is -0.0840. The van der Waals surface area contributed by atoms with Crippen LogP contribution in [0.1, 0.15) is 59.8 Å². The average molecular weight is 296 g/mol. The van der Waals surface area contributed by atoms with Crippen molar-refractivity contribution in [1.82, 2.24) is 10.2 Å². The third-order valence-electron chi connectivity index (χ3n) is 4.91. The van der Waals surface area contributed by atoms with Gasteiger partial charge in [0.05, 0.1) is 24.4 Å². The SMILES string of the molecule is COC1(CN2C(=O)C(CC(C)C)NC2CC(C)C)CCC1. The molecule has 0 spiro atoms. The molecule has 1 saturated heterocycles. The smallest absolute Gasteiger partial charge is 0.241 e. The van der Waals surface area contributed by atoms with Gasteiger partial charge in [0, 0.05) is 7.11 Å². The van der Waals surface area contributed by atoms with Crippen LogP contribution in [0.2, 0.25) is 0 Å². The number of amides is 1. The maximum absolute atomic E-state index is 12.8. The van der Waals surface area contributed by atoms with E-state index in [0.717, 1.165) is 32.2 Å². The Bertz CT molecular complexity index is 358. The highest BCUT2D eigenvalue weighted by Crippen LogP contribution is 2.37. The highest BCUT2D eigenvalue weighted by Gasteiger charge is 2.46. The topological polar surface area (TPSA) is 41.6 Å². The predicted octanol–water partition coefficient (Wildman–Crippen LogP) is 2.77. The second-order valence-electron chi connectivity index (χ2n) is 7.70. The normalized spacial score (nSPS) is 28.5. The fourth-order valence-electron chi connectivity index (χ4n) is 3.53. The van der Waals surface area contributed by atoms with E-state index in [1.165, 1.54) is 6.42 Å². The van der Waals surface area contributed by atoms with Crippen molar-refractivity contribution in [3.8, 4) is 0 Å². The standard InChI is InChI=1S/C17H32N2O2/c1-12(2)9-14-16(20)19(15(18-14)10-13(3)4)11-17(21-5)7-6-8-17/h12-15,18H,6-11H2,1-5H3. The van der Waals surface area contributed by atoms with Crippen molar-refractivity contribution < 1.29 is 9.53 Å². The molecule has 21 heavy (non-hydrogen) atoms. The number of ether oxygens (including phenoxy) is 1. The predicted molar refractivity (Wildman–Crippen MR) is 84.9 cm³/mol. The van der Waals surface area contributed by atoms with E-state index in [1.807, 2.05) is 0 Å². The van der Waals surface area contributed by atoms with Crippen LogP contribution in [0.15, 0.2) is 0 Å². The third kappa shape index (κ3) is 3.78. The fraction of sp³-hybridized carbons (Fsp3) is 0.941. The molecule has 2 unspecified atom stereocenters. The summed E-state index contributed by atoms with van der Waals surface area (Å²) in [6, 6.07) is -0.0114. The van der Waals surface area contributed by atoms with Gasteiger partial charge in [0.1, 0.15) is 0 Å². The summed E-state index contributed by atoms with van der Waals surface area (Å²) >= 11 is 0. The molecule has 0 bridgehead atoms. The van der Waals surface area contributed by atoms with Crippen LogP contribution in [0.3, 0.4) is 0 Å². The Balaban J connectivity index is 2.07. The van der Waals surface area contributed by atoms with Crippen molar-refractivity contribution in [2.24, 2.45) is 11.8 Å². The molecule has 1 amide bonds. The summed E-state index contributed by atoms with van der Waals surface area (Å²) in [7, 11) is 1.79. The number of methoxy groups -OCH3 is 1. The summed E-state index contributed by atoms with van der Waals surface area (Å²) < 4.78 is 5.73. The maximum Gasteiger partial charge on any atom is 0.241 e. The van der Waals surface area contributed by atoms with E-state index in [9.17, 15) is 4.79 Å². The van der Waals surface area contributed by atoms with Crippen molar-refractivity contribution in [3.05, 3.63) is 0 Å². The lowest BCUT2D eigenvalue weighted by atomic mass is 9.79. The van der Waals surface area contributed by atoms with Crippen molar-refractivity contribution in [2.75, 3.05) is 13.7 Å². The largest absolute Gasteiger partial charge is 0.376 e. The molecule has 2 fully saturated rings. The van der Waals surface area contributed by atoms with Crippen LogP contribution in [-0.4, -0.2) is 42.3 Å². The molecular formula is C17H32N2O2. The highest BCUT2D eigenvalue weighted by atomic mass is 16.5. The van der Waals surface area contributed by atoms with Crippen LogP contribution >= 0.6 is 0 Å². The molecule has 1 aliphatic heterocycles. The first-order valence-electron chi connectivity index (χ1n) is 8.48. The molecule has 0 aromatic carbocycles. The van der Waals surface area contributed by atoms with Gasteiger partial charge in [0.15, 0.2) is 0 Å². The van der Waals surface area contributed by atoms with Gasteiger partial charge in [-0.1, -0.05) is 27.7 Å². The van der Waals surface area contributed by atoms with Crippen LogP contribution in [0.4, 0.5) is 0 Å². The highest BCUT2D eigenvalue weighted by molar-refractivity contribution is 5.84. The fourth-order valence-corrected chi connectivity index (χ4v) is 3.53. The van der Waals surface area contributed by atoms with E-state index in [1.54, 1.807) is 7.11 Å². The molecule has 1 aliphatic carbocycles. The van der Waals surface area contributed by atoms with Crippen molar-refractivity contribution >= 4 is 5.91 Å². The molecule has 0 aromatic heterocycles. The van der Waals surface area contributed by atoms with E-state index in [2.05, 4.69) is 37.9 Å². The Morgan fingerprint density at radius 3 is 2.29 bits per heavy atom. The maximum atomic E-state index is 12.8. The first-order chi connectivity index (χ1) is 9.87. The Morgan fingerprint density at radius 2 is 1.86 bits per heavy atom. The van der Waals surface area contributed by atoms with E-state index >= 15 is 0 Å². The molecule has 4 heteroatoms. The molecule has 1 heterocycles. The van der Waals surface area contributed by atoms with Gasteiger partial charge in [-0.15, -0.1) is 0 Å². The summed E-state index contributed by atoms with van der Waals surface area (Å²) in [6.45, 7) is 9.54. The van der Waals surface area contributed by atoms with E-state index in [4.69, 9.17) is 4.74 Å². The first kappa shape index (κ1) is 16.8. The molecular weight excluding hydrogens is 264 g/mol. The van der Waals surface area contributed by atoms with Crippen molar-refractivity contribution in [1.29, 1.82) is 0 Å². The molecule has 2 rings (SSSR count). The summed E-state index contributed by atoms with van der Waals surface area (Å²) in [4.78, 5) is 14.8. The molecule has 2 aliphatic rings. The second-order valence-corrected chi connectivity index (χ2v) is 7.70. The molecule has 122 valence electrons. The first-order valence-corrected chi connectivity index (χ1v) is 8.48. The lowest BCUT2D eigenvalue weighted by Gasteiger charge is -2.44. The lowest BCUT2D eigenvalue weighted by molar-refractivity contribution is -0.140. The average Bonchev–Trinajstić information content (AvgIpc) is 2.60. The minimum Gasteiger partial charge on any atom is -0.376 e. The van der Waals surface area contributed by atoms with Crippen LogP contribution in [0.5, 0.6) is 0 Å². The van der Waals surface area contributed by atoms with Gasteiger partial charge >= 0.3 is 0 Å². The Hall–Kier alpha value is -0.610. The Morgan fingerprint density at radius 1 is 1.24 bits per heavy atom. The number of carbonyl (C=O) groups is 1. The van der Waals surface area contributed by atoms with Gasteiger partial charge in [-0.3, -0.25) is 10.1 Å². The molecule has 1 saturated carbocycles. The summed E-state index contributed by atoms with van der Waals surface area (Å²) in [6.07, 6.45) is 5.49. The summed E-state index contributed by atoms with van der Waals surface area (Å²) in [5, 5.41) is 3.57. The van der Waals surface area contributed by atoms with Gasteiger partial charge in [0.25, 0.3) is 0 Å². The number of hydrogen-bond acceptors (Lipinski definition) is 3. The molecule has 4 nitrogen and oxygen atoms in total. The number of nitrogens with zero attached hydrogens (tertiary/aromatic N) is 1. The lowest BCUT2D eigenvalue weighted by Crippen LogP contribution is -2.53. The molecule has 0 radical (unpaired) electrons. The molecule has 1 N–H and O–H groups in total. The van der Waals surface area contributed by atoms with Crippen LogP contribution in [-0.2, 0) is 9.53 Å². The number of rotatable bonds is 7. The second kappa shape index (κ2) is 6.66. The number of carbonyl (C=O) groups excluding carboxylic acids is 1. The monoisotopic (exact) mass is 296 g/mol. The number of hydrogen-bond donors (Lipinski definition) is 1. The Labute approximate surface area is 129 Å². The zero-order valence-corrected chi connectivity index (χ0v) is 14.3. The summed E-state index contributed by atoms with van der Waals surface area (Å²) in [5.74, 6) is 1.39. The Kier molecular flexibility index (Phi) is 5.31. The van der Waals surface area contributed by atoms with Crippen LogP contribution < -0.4 is 5.32 Å². The van der Waals surface area contributed by atoms with Gasteiger partial charge in [-0.2, -0.15) is 0 Å². The van der Waals surface area contributed by atoms with E-state index in [-0.39, 0.29) is 23.7 Å². The zero-order chi connectivity index (χ0) is 15.6. The van der Waals surface area contributed by atoms with Gasteiger partial charge < -0.3 is 9.64 Å². The molecule has 0 aromatic rings. The van der Waals surface area contributed by atoms with E-state index in [0.29, 0.717) is 11.8 Å². The third-order valence-corrected chi connectivity index (χ3v) is 4.91. The summed E-state index contributed by atoms with van der Waals surface area (Å²) in [5.41, 5.74) is -0.0840. The van der Waals surface area contributed by atoms with Crippen LogP contribution in [0, 0.1) is 11.8 Å². The minimum absolute atomic E-state index is 0.0114. The van der Waals surface area contributed by atoms with Gasteiger partial charge in [0.2, 0.25) is 5.91 Å². The van der Waals surface area contributed by atoms with Gasteiger partial charge in [-0.25, -0.2) is 0 Å². The van der Waals surface area contributed by atoms with Crippen LogP contribution in [0.25, 0.3) is 0 Å². The zero-order valence-electron chi connectivity index (χ0n) is 14.3. The molecule has 2 atom stereocenters. The van der Waals surface area contributed by atoms with Crippen molar-refractivity contribution in [2.45, 2.75) is 77.6 Å².